The fourth-order valence-corrected chi connectivity index (χ4v) is 2.67. The predicted octanol–water partition coefficient (Wildman–Crippen LogP) is 3.32. The Hall–Kier alpha value is -3.22. The van der Waals surface area contributed by atoms with Crippen LogP contribution in [0.5, 0.6) is 0 Å². The first kappa shape index (κ1) is 17.6. The fraction of sp³-hybridized carbons (Fsp3) is 0.263. The number of anilines is 1. The van der Waals surface area contributed by atoms with Gasteiger partial charge in [-0.2, -0.15) is 0 Å². The minimum absolute atomic E-state index is 0.0507. The zero-order chi connectivity index (χ0) is 18.8. The van der Waals surface area contributed by atoms with Gasteiger partial charge in [-0.15, -0.1) is 0 Å². The Kier molecular flexibility index (Phi) is 4.71. The van der Waals surface area contributed by atoms with E-state index in [1.165, 1.54) is 0 Å². The Balaban J connectivity index is 1.78. The third-order valence-electron chi connectivity index (χ3n) is 4.07. The molecule has 0 radical (unpaired) electrons. The molecule has 0 aliphatic heterocycles. The predicted molar refractivity (Wildman–Crippen MR) is 96.4 cm³/mol. The van der Waals surface area contributed by atoms with Crippen molar-refractivity contribution in [1.82, 2.24) is 14.7 Å². The molecule has 1 amide bonds. The summed E-state index contributed by atoms with van der Waals surface area (Å²) in [5.74, 6) is 0.516. The molecule has 0 spiro atoms. The second kappa shape index (κ2) is 6.95. The zero-order valence-corrected chi connectivity index (χ0v) is 15.1. The highest BCUT2D eigenvalue weighted by Gasteiger charge is 2.22. The summed E-state index contributed by atoms with van der Waals surface area (Å²) < 4.78 is 6.92. The molecular formula is C19H20N4O3. The van der Waals surface area contributed by atoms with Crippen LogP contribution in [0.15, 0.2) is 41.2 Å². The molecule has 2 aromatic heterocycles. The van der Waals surface area contributed by atoms with Gasteiger partial charge in [0.15, 0.2) is 11.6 Å². The monoisotopic (exact) mass is 352 g/mol. The van der Waals surface area contributed by atoms with Crippen molar-refractivity contribution in [2.45, 2.75) is 26.7 Å². The summed E-state index contributed by atoms with van der Waals surface area (Å²) in [5.41, 5.74) is 2.09. The maximum atomic E-state index is 12.6. The fourth-order valence-electron chi connectivity index (χ4n) is 2.67. The number of carbonyl (C=O) groups excluding carboxylic acids is 2. The molecule has 0 fully saturated rings. The number of aromatic nitrogens is 3. The van der Waals surface area contributed by atoms with Crippen molar-refractivity contribution in [3.05, 3.63) is 65.1 Å². The van der Waals surface area contributed by atoms with Gasteiger partial charge in [0.05, 0.1) is 5.69 Å². The van der Waals surface area contributed by atoms with Crippen LogP contribution in [-0.2, 0) is 7.05 Å². The van der Waals surface area contributed by atoms with E-state index in [0.717, 1.165) is 0 Å². The molecule has 0 bridgehead atoms. The maximum Gasteiger partial charge on any atom is 0.261 e. The van der Waals surface area contributed by atoms with Crippen LogP contribution in [-0.4, -0.2) is 26.4 Å². The zero-order valence-electron chi connectivity index (χ0n) is 15.1. The Labute approximate surface area is 151 Å². The van der Waals surface area contributed by atoms with Crippen LogP contribution in [0.2, 0.25) is 0 Å². The summed E-state index contributed by atoms with van der Waals surface area (Å²) >= 11 is 0. The number of benzene rings is 1. The van der Waals surface area contributed by atoms with Crippen LogP contribution in [0.3, 0.4) is 0 Å². The Bertz CT molecular complexity index is 952. The third kappa shape index (κ3) is 3.28. The Morgan fingerprint density at radius 1 is 1.19 bits per heavy atom. The number of ketones is 1. The van der Waals surface area contributed by atoms with Gasteiger partial charge in [0, 0.05) is 36.6 Å². The van der Waals surface area contributed by atoms with Crippen molar-refractivity contribution in [3.63, 3.8) is 0 Å². The van der Waals surface area contributed by atoms with Crippen LogP contribution in [0.4, 0.5) is 5.69 Å². The van der Waals surface area contributed by atoms with Crippen LogP contribution in [0.25, 0.3) is 0 Å². The number of rotatable bonds is 5. The molecule has 2 heterocycles. The van der Waals surface area contributed by atoms with Crippen molar-refractivity contribution in [2.75, 3.05) is 5.32 Å². The minimum Gasteiger partial charge on any atom is -0.360 e. The summed E-state index contributed by atoms with van der Waals surface area (Å²) in [7, 11) is 1.77. The lowest BCUT2D eigenvalue weighted by Crippen LogP contribution is -2.15. The smallest absolute Gasteiger partial charge is 0.261 e. The lowest BCUT2D eigenvalue weighted by molar-refractivity contribution is 0.101. The van der Waals surface area contributed by atoms with Gasteiger partial charge >= 0.3 is 0 Å². The number of amides is 1. The molecule has 26 heavy (non-hydrogen) atoms. The van der Waals surface area contributed by atoms with Gasteiger partial charge in [0.25, 0.3) is 5.91 Å². The molecule has 7 heteroatoms. The molecule has 0 unspecified atom stereocenters. The molecule has 0 aliphatic rings. The number of nitrogens with one attached hydrogen (secondary N) is 1. The van der Waals surface area contributed by atoms with E-state index in [1.807, 2.05) is 13.8 Å². The van der Waals surface area contributed by atoms with Gasteiger partial charge in [0.2, 0.25) is 5.78 Å². The molecule has 3 rings (SSSR count). The van der Waals surface area contributed by atoms with Gasteiger partial charge < -0.3 is 14.4 Å². The molecule has 0 saturated carbocycles. The SMILES string of the molecule is Cc1noc(C(C)C)c1C(=O)Nc1ccc(C(=O)c2nccn2C)cc1. The van der Waals surface area contributed by atoms with Crippen molar-refractivity contribution in [1.29, 1.82) is 0 Å². The molecule has 0 aliphatic carbocycles. The van der Waals surface area contributed by atoms with E-state index in [-0.39, 0.29) is 17.6 Å². The van der Waals surface area contributed by atoms with Crippen molar-refractivity contribution in [2.24, 2.45) is 7.05 Å². The van der Waals surface area contributed by atoms with Gasteiger partial charge in [-0.25, -0.2) is 4.98 Å². The lowest BCUT2D eigenvalue weighted by Gasteiger charge is -2.08. The van der Waals surface area contributed by atoms with E-state index in [4.69, 9.17) is 4.52 Å². The summed E-state index contributed by atoms with van der Waals surface area (Å²) in [4.78, 5) is 29.1. The number of nitrogens with zero attached hydrogens (tertiary/aromatic N) is 3. The Morgan fingerprint density at radius 3 is 2.46 bits per heavy atom. The summed E-state index contributed by atoms with van der Waals surface area (Å²) in [5, 5.41) is 6.71. The van der Waals surface area contributed by atoms with Crippen LogP contribution in [0, 0.1) is 6.92 Å². The summed E-state index contributed by atoms with van der Waals surface area (Å²) in [6.45, 7) is 5.61. The molecular weight excluding hydrogens is 332 g/mol. The molecule has 7 nitrogen and oxygen atoms in total. The summed E-state index contributed by atoms with van der Waals surface area (Å²) in [6, 6.07) is 6.70. The lowest BCUT2D eigenvalue weighted by atomic mass is 10.0. The van der Waals surface area contributed by atoms with Crippen molar-refractivity contribution in [3.8, 4) is 0 Å². The van der Waals surface area contributed by atoms with E-state index in [0.29, 0.717) is 34.1 Å². The van der Waals surface area contributed by atoms with Crippen LogP contribution in [0.1, 0.15) is 57.8 Å². The van der Waals surface area contributed by atoms with E-state index in [1.54, 1.807) is 55.2 Å². The molecule has 3 aromatic rings. The molecule has 1 N–H and O–H groups in total. The maximum absolute atomic E-state index is 12.6. The van der Waals surface area contributed by atoms with E-state index in [9.17, 15) is 9.59 Å². The highest BCUT2D eigenvalue weighted by Crippen LogP contribution is 2.23. The van der Waals surface area contributed by atoms with Gasteiger partial charge in [-0.1, -0.05) is 19.0 Å². The summed E-state index contributed by atoms with van der Waals surface area (Å²) in [6.07, 6.45) is 3.30. The number of imidazole rings is 1. The van der Waals surface area contributed by atoms with Crippen molar-refractivity contribution >= 4 is 17.4 Å². The third-order valence-corrected chi connectivity index (χ3v) is 4.07. The highest BCUT2D eigenvalue weighted by atomic mass is 16.5. The van der Waals surface area contributed by atoms with Crippen LogP contribution >= 0.6 is 0 Å². The van der Waals surface area contributed by atoms with Crippen LogP contribution < -0.4 is 5.32 Å². The quantitative estimate of drug-likeness (QED) is 0.711. The van der Waals surface area contributed by atoms with Gasteiger partial charge in [-0.3, -0.25) is 9.59 Å². The van der Waals surface area contributed by atoms with Crippen molar-refractivity contribution < 1.29 is 14.1 Å². The number of hydrogen-bond donors (Lipinski definition) is 1. The first-order valence-electron chi connectivity index (χ1n) is 8.28. The Morgan fingerprint density at radius 2 is 1.88 bits per heavy atom. The minimum atomic E-state index is -0.282. The second-order valence-electron chi connectivity index (χ2n) is 6.38. The average molecular weight is 352 g/mol. The highest BCUT2D eigenvalue weighted by molar-refractivity contribution is 6.08. The van der Waals surface area contributed by atoms with Gasteiger partial charge in [0.1, 0.15) is 5.56 Å². The molecule has 1 aromatic carbocycles. The first-order chi connectivity index (χ1) is 12.4. The number of hydrogen-bond acceptors (Lipinski definition) is 5. The standard InChI is InChI=1S/C19H20N4O3/c1-11(2)17-15(12(3)22-26-17)19(25)21-14-7-5-13(6-8-14)16(24)18-20-9-10-23(18)4/h5-11H,1-4H3,(H,21,25). The van der Waals surface area contributed by atoms with E-state index in [2.05, 4.69) is 15.5 Å². The molecule has 134 valence electrons. The molecule has 0 saturated heterocycles. The average Bonchev–Trinajstić information content (AvgIpc) is 3.20. The van der Waals surface area contributed by atoms with Gasteiger partial charge in [-0.05, 0) is 31.2 Å². The van der Waals surface area contributed by atoms with E-state index >= 15 is 0 Å². The normalized spacial score (nSPS) is 11.0. The largest absolute Gasteiger partial charge is 0.360 e. The van der Waals surface area contributed by atoms with E-state index < -0.39 is 0 Å². The topological polar surface area (TPSA) is 90.0 Å². The molecule has 0 atom stereocenters. The second-order valence-corrected chi connectivity index (χ2v) is 6.38. The number of aryl methyl sites for hydroxylation is 2. The number of carbonyl (C=O) groups is 2. The first-order valence-corrected chi connectivity index (χ1v) is 8.28.